The van der Waals surface area contributed by atoms with Crippen LogP contribution < -0.4 is 0 Å². The minimum Gasteiger partial charge on any atom is -0.184 e. The van der Waals surface area contributed by atoms with E-state index >= 15 is 0 Å². The lowest BCUT2D eigenvalue weighted by Gasteiger charge is -1.98. The van der Waals surface area contributed by atoms with Crippen molar-refractivity contribution < 1.29 is 0 Å². The maximum Gasteiger partial charge on any atom is 0.130 e. The van der Waals surface area contributed by atoms with E-state index in [-0.39, 0.29) is 0 Å². The van der Waals surface area contributed by atoms with Gasteiger partial charge in [0.05, 0.1) is 0 Å². The van der Waals surface area contributed by atoms with Gasteiger partial charge in [-0.1, -0.05) is 13.8 Å². The highest BCUT2D eigenvalue weighted by atomic mass is 32.1. The zero-order chi connectivity index (χ0) is 7.56. The molecule has 0 bridgehead atoms. The molecule has 0 aliphatic carbocycles. The highest BCUT2D eigenvalue weighted by Crippen LogP contribution is 2.19. The fourth-order valence-electron chi connectivity index (χ4n) is 0.764. The molecule has 0 N–H and O–H groups in total. The first-order valence-corrected chi connectivity index (χ1v) is 4.00. The topological polar surface area (TPSA) is 12.9 Å². The molecule has 0 aliphatic heterocycles. The van der Waals surface area contributed by atoms with E-state index in [1.165, 1.54) is 17.1 Å². The van der Waals surface area contributed by atoms with Gasteiger partial charge < -0.3 is 0 Å². The van der Waals surface area contributed by atoms with E-state index < -0.39 is 0 Å². The molecular formula is C8H9NS. The number of terminal acetylenes is 1. The predicted molar refractivity (Wildman–Crippen MR) is 44.1 cm³/mol. The van der Waals surface area contributed by atoms with E-state index in [2.05, 4.69) is 24.1 Å². The molecule has 0 aromatic carbocycles. The van der Waals surface area contributed by atoms with Crippen LogP contribution in [0.15, 0.2) is 5.38 Å². The molecule has 0 spiro atoms. The third-order valence-electron chi connectivity index (χ3n) is 1.36. The molecule has 0 aliphatic rings. The second-order valence-electron chi connectivity index (χ2n) is 2.42. The van der Waals surface area contributed by atoms with Crippen molar-refractivity contribution in [3.63, 3.8) is 0 Å². The zero-order valence-electron chi connectivity index (χ0n) is 6.09. The third kappa shape index (κ3) is 1.19. The van der Waals surface area contributed by atoms with Gasteiger partial charge in [-0.05, 0) is 23.4 Å². The first kappa shape index (κ1) is 7.30. The third-order valence-corrected chi connectivity index (χ3v) is 2.00. The van der Waals surface area contributed by atoms with Crippen LogP contribution in [0.2, 0.25) is 0 Å². The number of aromatic nitrogens is 1. The van der Waals surface area contributed by atoms with Crippen LogP contribution in [0.5, 0.6) is 0 Å². The Morgan fingerprint density at radius 1 is 1.70 bits per heavy atom. The molecule has 0 saturated heterocycles. The summed E-state index contributed by atoms with van der Waals surface area (Å²) in [4.78, 5) is 0. The van der Waals surface area contributed by atoms with Gasteiger partial charge in [0.25, 0.3) is 0 Å². The Kier molecular flexibility index (Phi) is 2.08. The molecular weight excluding hydrogens is 142 g/mol. The summed E-state index contributed by atoms with van der Waals surface area (Å²) in [5.41, 5.74) is 1.99. The summed E-state index contributed by atoms with van der Waals surface area (Å²) in [5, 5.41) is 2.01. The minimum absolute atomic E-state index is 0.491. The summed E-state index contributed by atoms with van der Waals surface area (Å²) in [6.45, 7) is 4.23. The fraction of sp³-hybridized carbons (Fsp3) is 0.375. The Morgan fingerprint density at radius 3 is 2.80 bits per heavy atom. The number of rotatable bonds is 1. The molecule has 1 nitrogen and oxygen atoms in total. The van der Waals surface area contributed by atoms with Crippen molar-refractivity contribution in [3.05, 3.63) is 16.6 Å². The van der Waals surface area contributed by atoms with E-state index in [1.54, 1.807) is 0 Å². The van der Waals surface area contributed by atoms with Crippen LogP contribution in [0.1, 0.15) is 31.0 Å². The van der Waals surface area contributed by atoms with Crippen LogP contribution in [0.4, 0.5) is 0 Å². The summed E-state index contributed by atoms with van der Waals surface area (Å²) >= 11 is 1.43. The molecule has 2 heteroatoms. The molecule has 1 aromatic rings. The first-order valence-electron chi connectivity index (χ1n) is 3.16. The van der Waals surface area contributed by atoms with Gasteiger partial charge in [0.2, 0.25) is 0 Å². The average Bonchev–Trinajstić information content (AvgIpc) is 2.33. The van der Waals surface area contributed by atoms with Gasteiger partial charge in [0, 0.05) is 10.9 Å². The highest BCUT2D eigenvalue weighted by molar-refractivity contribution is 7.03. The van der Waals surface area contributed by atoms with Gasteiger partial charge in [-0.2, -0.15) is 4.37 Å². The first-order chi connectivity index (χ1) is 4.75. The zero-order valence-corrected chi connectivity index (χ0v) is 6.90. The Hall–Kier alpha value is -0.810. The maximum atomic E-state index is 5.23. The summed E-state index contributed by atoms with van der Waals surface area (Å²) in [6, 6.07) is 0. The summed E-state index contributed by atoms with van der Waals surface area (Å²) < 4.78 is 4.06. The van der Waals surface area contributed by atoms with Gasteiger partial charge in [0.1, 0.15) is 5.69 Å². The molecule has 0 amide bonds. The van der Waals surface area contributed by atoms with Crippen LogP contribution in [-0.2, 0) is 0 Å². The van der Waals surface area contributed by atoms with Gasteiger partial charge in [0.15, 0.2) is 0 Å². The molecule has 0 fully saturated rings. The van der Waals surface area contributed by atoms with Crippen molar-refractivity contribution in [2.24, 2.45) is 0 Å². The number of nitrogens with zero attached hydrogens (tertiary/aromatic N) is 1. The summed E-state index contributed by atoms with van der Waals surface area (Å²) in [6.07, 6.45) is 5.23. The SMILES string of the molecule is C#Cc1nscc1C(C)C. The molecule has 10 heavy (non-hydrogen) atoms. The Bertz CT molecular complexity index is 254. The Labute approximate surface area is 65.3 Å². The predicted octanol–water partition coefficient (Wildman–Crippen LogP) is 2.25. The van der Waals surface area contributed by atoms with Crippen molar-refractivity contribution >= 4 is 11.5 Å². The van der Waals surface area contributed by atoms with Gasteiger partial charge >= 0.3 is 0 Å². The average molecular weight is 151 g/mol. The van der Waals surface area contributed by atoms with Crippen molar-refractivity contribution in [2.45, 2.75) is 19.8 Å². The summed E-state index contributed by atoms with van der Waals surface area (Å²) in [5.74, 6) is 3.05. The molecule has 0 radical (unpaired) electrons. The van der Waals surface area contributed by atoms with Gasteiger partial charge in [-0.15, -0.1) is 6.42 Å². The Balaban J connectivity index is 3.05. The molecule has 0 unspecified atom stereocenters. The number of hydrogen-bond donors (Lipinski definition) is 0. The lowest BCUT2D eigenvalue weighted by molar-refractivity contribution is 0.865. The molecule has 1 aromatic heterocycles. The molecule has 52 valence electrons. The standard InChI is InChI=1S/C8H9NS/c1-4-8-7(6(2)3)5-10-9-8/h1,5-6H,2-3H3. The van der Waals surface area contributed by atoms with Crippen molar-refractivity contribution in [2.75, 3.05) is 0 Å². The van der Waals surface area contributed by atoms with Crippen LogP contribution >= 0.6 is 11.5 Å². The highest BCUT2D eigenvalue weighted by Gasteiger charge is 2.05. The molecule has 0 atom stereocenters. The number of hydrogen-bond acceptors (Lipinski definition) is 2. The monoisotopic (exact) mass is 151 g/mol. The normalized spacial score (nSPS) is 9.80. The van der Waals surface area contributed by atoms with Crippen molar-refractivity contribution in [3.8, 4) is 12.3 Å². The Morgan fingerprint density at radius 2 is 2.40 bits per heavy atom. The second kappa shape index (κ2) is 2.85. The van der Waals surface area contributed by atoms with E-state index in [0.29, 0.717) is 5.92 Å². The smallest absolute Gasteiger partial charge is 0.130 e. The van der Waals surface area contributed by atoms with E-state index in [4.69, 9.17) is 6.42 Å². The van der Waals surface area contributed by atoms with E-state index in [1.807, 2.05) is 5.38 Å². The lowest BCUT2D eigenvalue weighted by Crippen LogP contribution is -1.87. The van der Waals surface area contributed by atoms with Crippen LogP contribution in [0.25, 0.3) is 0 Å². The maximum absolute atomic E-state index is 5.23. The minimum atomic E-state index is 0.491. The van der Waals surface area contributed by atoms with Crippen molar-refractivity contribution in [1.29, 1.82) is 0 Å². The van der Waals surface area contributed by atoms with E-state index in [0.717, 1.165) is 5.69 Å². The van der Waals surface area contributed by atoms with Crippen molar-refractivity contribution in [1.82, 2.24) is 4.37 Å². The summed E-state index contributed by atoms with van der Waals surface area (Å²) in [7, 11) is 0. The largest absolute Gasteiger partial charge is 0.184 e. The van der Waals surface area contributed by atoms with Crippen LogP contribution in [0, 0.1) is 12.3 Å². The van der Waals surface area contributed by atoms with Gasteiger partial charge in [-0.3, -0.25) is 0 Å². The lowest BCUT2D eigenvalue weighted by atomic mass is 10.1. The fourth-order valence-corrected chi connectivity index (χ4v) is 1.58. The quantitative estimate of drug-likeness (QED) is 0.561. The molecule has 1 rings (SSSR count). The molecule has 0 saturated carbocycles. The van der Waals surface area contributed by atoms with Crippen LogP contribution in [-0.4, -0.2) is 4.37 Å². The molecule has 1 heterocycles. The van der Waals surface area contributed by atoms with Gasteiger partial charge in [-0.25, -0.2) is 0 Å². The van der Waals surface area contributed by atoms with Crippen LogP contribution in [0.3, 0.4) is 0 Å². The second-order valence-corrected chi connectivity index (χ2v) is 3.05. The van der Waals surface area contributed by atoms with E-state index in [9.17, 15) is 0 Å².